The Morgan fingerprint density at radius 3 is 3.05 bits per heavy atom. The molecule has 0 radical (unpaired) electrons. The maximum atomic E-state index is 5.17. The van der Waals surface area contributed by atoms with Crippen molar-refractivity contribution in [1.29, 1.82) is 0 Å². The van der Waals surface area contributed by atoms with Crippen LogP contribution in [0.5, 0.6) is 0 Å². The SMILES string of the molecule is CCC(NC)c1ccn(Cc2cc(COC)on2)c1. The highest BCUT2D eigenvalue weighted by Crippen LogP contribution is 2.17. The lowest BCUT2D eigenvalue weighted by molar-refractivity contribution is 0.155. The number of aromatic nitrogens is 2. The first kappa shape index (κ1) is 13.8. The molecular formula is C14H21N3O2. The Morgan fingerprint density at radius 2 is 2.37 bits per heavy atom. The van der Waals surface area contributed by atoms with Crippen molar-refractivity contribution in [3.8, 4) is 0 Å². The van der Waals surface area contributed by atoms with Crippen LogP contribution in [0.1, 0.15) is 36.4 Å². The van der Waals surface area contributed by atoms with E-state index in [1.807, 2.05) is 13.1 Å². The van der Waals surface area contributed by atoms with E-state index in [0.29, 0.717) is 19.2 Å². The molecule has 1 unspecified atom stereocenters. The van der Waals surface area contributed by atoms with Crippen LogP contribution in [0.15, 0.2) is 29.0 Å². The lowest BCUT2D eigenvalue weighted by atomic mass is 10.1. The van der Waals surface area contributed by atoms with Crippen LogP contribution in [0.4, 0.5) is 0 Å². The fourth-order valence-electron chi connectivity index (χ4n) is 2.20. The van der Waals surface area contributed by atoms with Gasteiger partial charge in [0.05, 0.1) is 6.54 Å². The molecule has 0 saturated carbocycles. The monoisotopic (exact) mass is 263 g/mol. The molecule has 0 aliphatic heterocycles. The molecule has 2 aromatic heterocycles. The summed E-state index contributed by atoms with van der Waals surface area (Å²) in [6.07, 6.45) is 5.29. The zero-order valence-electron chi connectivity index (χ0n) is 11.7. The lowest BCUT2D eigenvalue weighted by Gasteiger charge is -2.11. The predicted octanol–water partition coefficient (Wildman–Crippen LogP) is 2.34. The van der Waals surface area contributed by atoms with E-state index in [9.17, 15) is 0 Å². The van der Waals surface area contributed by atoms with Crippen LogP contribution in [0, 0.1) is 0 Å². The Morgan fingerprint density at radius 1 is 1.53 bits per heavy atom. The van der Waals surface area contributed by atoms with Crippen LogP contribution >= 0.6 is 0 Å². The third-order valence-corrected chi connectivity index (χ3v) is 3.17. The van der Waals surface area contributed by atoms with Gasteiger partial charge < -0.3 is 19.1 Å². The van der Waals surface area contributed by atoms with Gasteiger partial charge >= 0.3 is 0 Å². The normalized spacial score (nSPS) is 12.8. The third kappa shape index (κ3) is 3.45. The molecule has 0 amide bonds. The van der Waals surface area contributed by atoms with Gasteiger partial charge in [0.2, 0.25) is 0 Å². The minimum absolute atomic E-state index is 0.405. The van der Waals surface area contributed by atoms with Gasteiger partial charge in [0.25, 0.3) is 0 Å². The van der Waals surface area contributed by atoms with Gasteiger partial charge in [0.15, 0.2) is 5.76 Å². The molecule has 0 fully saturated rings. The first-order chi connectivity index (χ1) is 9.26. The molecule has 0 bridgehead atoms. The minimum Gasteiger partial charge on any atom is -0.377 e. The van der Waals surface area contributed by atoms with Crippen molar-refractivity contribution in [2.45, 2.75) is 32.5 Å². The van der Waals surface area contributed by atoms with E-state index in [-0.39, 0.29) is 0 Å². The van der Waals surface area contributed by atoms with Crippen LogP contribution in [0.2, 0.25) is 0 Å². The summed E-state index contributed by atoms with van der Waals surface area (Å²) in [4.78, 5) is 0. The molecule has 5 nitrogen and oxygen atoms in total. The van der Waals surface area contributed by atoms with Crippen molar-refractivity contribution in [2.24, 2.45) is 0 Å². The van der Waals surface area contributed by atoms with Crippen LogP contribution < -0.4 is 5.32 Å². The van der Waals surface area contributed by atoms with Gasteiger partial charge in [-0.3, -0.25) is 0 Å². The zero-order chi connectivity index (χ0) is 13.7. The van der Waals surface area contributed by atoms with Crippen molar-refractivity contribution in [1.82, 2.24) is 15.0 Å². The second kappa shape index (κ2) is 6.54. The van der Waals surface area contributed by atoms with E-state index in [2.05, 4.69) is 40.4 Å². The summed E-state index contributed by atoms with van der Waals surface area (Å²) in [5.41, 5.74) is 2.21. The van der Waals surface area contributed by atoms with E-state index in [4.69, 9.17) is 9.26 Å². The Balaban J connectivity index is 2.02. The molecule has 0 aliphatic carbocycles. The summed E-state index contributed by atoms with van der Waals surface area (Å²) in [6.45, 7) is 3.35. The van der Waals surface area contributed by atoms with Crippen molar-refractivity contribution in [2.75, 3.05) is 14.2 Å². The van der Waals surface area contributed by atoms with E-state index in [1.165, 1.54) is 5.56 Å². The number of methoxy groups -OCH3 is 1. The average Bonchev–Trinajstić information content (AvgIpc) is 3.02. The van der Waals surface area contributed by atoms with Crippen LogP contribution in [-0.4, -0.2) is 23.9 Å². The van der Waals surface area contributed by atoms with Crippen LogP contribution in [0.3, 0.4) is 0 Å². The minimum atomic E-state index is 0.405. The molecule has 1 N–H and O–H groups in total. The van der Waals surface area contributed by atoms with Crippen molar-refractivity contribution in [3.05, 3.63) is 41.5 Å². The molecule has 2 heterocycles. The van der Waals surface area contributed by atoms with Gasteiger partial charge in [0, 0.05) is 31.6 Å². The second-order valence-electron chi connectivity index (χ2n) is 4.58. The van der Waals surface area contributed by atoms with Gasteiger partial charge in [0.1, 0.15) is 12.3 Å². The first-order valence-electron chi connectivity index (χ1n) is 6.53. The molecule has 0 spiro atoms. The van der Waals surface area contributed by atoms with E-state index < -0.39 is 0 Å². The molecule has 0 aliphatic rings. The van der Waals surface area contributed by atoms with Gasteiger partial charge in [-0.15, -0.1) is 0 Å². The number of rotatable bonds is 7. The summed E-state index contributed by atoms with van der Waals surface area (Å²) in [6, 6.07) is 4.47. The fourth-order valence-corrected chi connectivity index (χ4v) is 2.20. The molecule has 1 atom stereocenters. The standard InChI is InChI=1S/C14H21N3O2/c1-4-14(15-2)11-5-6-17(8-11)9-12-7-13(10-18-3)19-16-12/h5-8,14-15H,4,9-10H2,1-3H3. The molecule has 5 heteroatoms. The van der Waals surface area contributed by atoms with E-state index in [0.717, 1.165) is 17.9 Å². The summed E-state index contributed by atoms with van der Waals surface area (Å²) in [7, 11) is 3.63. The summed E-state index contributed by atoms with van der Waals surface area (Å²) in [5, 5.41) is 7.34. The number of hydrogen-bond donors (Lipinski definition) is 1. The highest BCUT2D eigenvalue weighted by atomic mass is 16.5. The van der Waals surface area contributed by atoms with Gasteiger partial charge in [-0.05, 0) is 25.1 Å². The molecular weight excluding hydrogens is 242 g/mol. The van der Waals surface area contributed by atoms with Gasteiger partial charge in [-0.2, -0.15) is 0 Å². The lowest BCUT2D eigenvalue weighted by Crippen LogP contribution is -2.14. The van der Waals surface area contributed by atoms with Crippen LogP contribution in [-0.2, 0) is 17.9 Å². The Kier molecular flexibility index (Phi) is 4.76. The van der Waals surface area contributed by atoms with Gasteiger partial charge in [-0.1, -0.05) is 12.1 Å². The summed E-state index contributed by atoms with van der Waals surface area (Å²) >= 11 is 0. The Labute approximate surface area is 113 Å². The zero-order valence-corrected chi connectivity index (χ0v) is 11.7. The largest absolute Gasteiger partial charge is 0.377 e. The molecule has 2 aromatic rings. The first-order valence-corrected chi connectivity index (χ1v) is 6.53. The van der Waals surface area contributed by atoms with E-state index >= 15 is 0 Å². The predicted molar refractivity (Wildman–Crippen MR) is 72.8 cm³/mol. The third-order valence-electron chi connectivity index (χ3n) is 3.17. The van der Waals surface area contributed by atoms with Crippen LogP contribution in [0.25, 0.3) is 0 Å². The topological polar surface area (TPSA) is 52.2 Å². The number of ether oxygens (including phenoxy) is 1. The molecule has 2 rings (SSSR count). The van der Waals surface area contributed by atoms with Crippen molar-refractivity contribution >= 4 is 0 Å². The quantitative estimate of drug-likeness (QED) is 0.833. The summed E-state index contributed by atoms with van der Waals surface area (Å²) in [5.74, 6) is 0.756. The molecule has 0 aromatic carbocycles. The molecule has 104 valence electrons. The summed E-state index contributed by atoms with van der Waals surface area (Å²) < 4.78 is 12.3. The smallest absolute Gasteiger partial charge is 0.162 e. The maximum Gasteiger partial charge on any atom is 0.162 e. The van der Waals surface area contributed by atoms with E-state index in [1.54, 1.807) is 7.11 Å². The number of nitrogens with zero attached hydrogens (tertiary/aromatic N) is 2. The second-order valence-corrected chi connectivity index (χ2v) is 4.58. The Hall–Kier alpha value is -1.59. The van der Waals surface area contributed by atoms with Gasteiger partial charge in [-0.25, -0.2) is 0 Å². The maximum absolute atomic E-state index is 5.17. The highest BCUT2D eigenvalue weighted by molar-refractivity contribution is 5.16. The number of nitrogens with one attached hydrogen (secondary N) is 1. The fraction of sp³-hybridized carbons (Fsp3) is 0.500. The highest BCUT2D eigenvalue weighted by Gasteiger charge is 2.09. The molecule has 0 saturated heterocycles. The van der Waals surface area contributed by atoms with Crippen molar-refractivity contribution in [3.63, 3.8) is 0 Å². The Bertz CT molecular complexity index is 500. The average molecular weight is 263 g/mol. The molecule has 19 heavy (non-hydrogen) atoms. The number of hydrogen-bond acceptors (Lipinski definition) is 4. The van der Waals surface area contributed by atoms with Crippen molar-refractivity contribution < 1.29 is 9.26 Å².